The van der Waals surface area contributed by atoms with E-state index in [9.17, 15) is 9.59 Å². The number of amides is 2. The second kappa shape index (κ2) is 5.79. The molecule has 1 N–H and O–H groups in total. The van der Waals surface area contributed by atoms with Crippen LogP contribution in [0.25, 0.3) is 0 Å². The first-order valence-corrected chi connectivity index (χ1v) is 8.63. The minimum Gasteiger partial charge on any atom is -0.342 e. The fourth-order valence-electron chi connectivity index (χ4n) is 3.04. The molecule has 4 nitrogen and oxygen atoms in total. The van der Waals surface area contributed by atoms with Gasteiger partial charge in [0, 0.05) is 4.88 Å². The van der Waals surface area contributed by atoms with Gasteiger partial charge in [0.25, 0.3) is 0 Å². The lowest BCUT2D eigenvalue weighted by Gasteiger charge is -2.41. The third kappa shape index (κ3) is 2.84. The average molecular weight is 306 g/mol. The Hall–Kier alpha value is -1.36. The van der Waals surface area contributed by atoms with Gasteiger partial charge < -0.3 is 10.2 Å². The molecule has 0 bridgehead atoms. The second-order valence-electron chi connectivity index (χ2n) is 6.20. The number of carbonyl (C=O) groups excluding carboxylic acids is 2. The number of nitrogens with zero attached hydrogens (tertiary/aromatic N) is 1. The lowest BCUT2D eigenvalue weighted by Crippen LogP contribution is -2.65. The molecule has 1 saturated heterocycles. The molecule has 1 aromatic rings. The number of thiophene rings is 1. The van der Waals surface area contributed by atoms with Crippen molar-refractivity contribution < 1.29 is 9.59 Å². The maximum atomic E-state index is 12.8. The largest absolute Gasteiger partial charge is 0.342 e. The van der Waals surface area contributed by atoms with Crippen LogP contribution in [0.4, 0.5) is 0 Å². The van der Waals surface area contributed by atoms with Gasteiger partial charge in [0.05, 0.1) is 6.54 Å². The van der Waals surface area contributed by atoms with Gasteiger partial charge in [0.2, 0.25) is 11.8 Å². The van der Waals surface area contributed by atoms with Crippen LogP contribution in [0.3, 0.4) is 0 Å². The summed E-state index contributed by atoms with van der Waals surface area (Å²) in [6, 6.07) is 3.40. The van der Waals surface area contributed by atoms with Crippen LogP contribution in [-0.2, 0) is 16.1 Å². The molecule has 1 saturated carbocycles. The van der Waals surface area contributed by atoms with Crippen molar-refractivity contribution in [1.29, 1.82) is 0 Å². The third-order valence-electron chi connectivity index (χ3n) is 4.63. The summed E-state index contributed by atoms with van der Waals surface area (Å²) in [6.07, 6.45) is 3.00. The van der Waals surface area contributed by atoms with E-state index in [1.54, 1.807) is 11.3 Å². The molecule has 2 heterocycles. The molecule has 0 spiro atoms. The molecule has 2 amide bonds. The minimum atomic E-state index is -0.334. The van der Waals surface area contributed by atoms with Gasteiger partial charge in [-0.2, -0.15) is 0 Å². The van der Waals surface area contributed by atoms with Crippen molar-refractivity contribution in [3.05, 3.63) is 22.4 Å². The second-order valence-corrected chi connectivity index (χ2v) is 7.23. The average Bonchev–Trinajstić information content (AvgIpc) is 3.19. The first-order chi connectivity index (χ1) is 10.1. The fourth-order valence-corrected chi connectivity index (χ4v) is 3.74. The first-order valence-electron chi connectivity index (χ1n) is 7.75. The Labute approximate surface area is 129 Å². The zero-order chi connectivity index (χ0) is 15.0. The Balaban J connectivity index is 1.86. The van der Waals surface area contributed by atoms with E-state index in [4.69, 9.17) is 0 Å². The van der Waals surface area contributed by atoms with Gasteiger partial charge in [-0.05, 0) is 36.1 Å². The summed E-state index contributed by atoms with van der Waals surface area (Å²) in [5.41, 5.74) is 0. The SMILES string of the molecule is CCC(C)C1C(=O)NC(C2CC2)C(=O)N1Cc1cccs1. The standard InChI is InChI=1S/C16H22N2O2S/c1-3-10(2)14-15(19)17-13(11-6-7-11)16(20)18(14)9-12-5-4-8-21-12/h4-5,8,10-11,13-14H,3,6-7,9H2,1-2H3,(H,17,19). The number of rotatable bonds is 5. The molecule has 21 heavy (non-hydrogen) atoms. The molecular weight excluding hydrogens is 284 g/mol. The number of hydrogen-bond donors (Lipinski definition) is 1. The number of hydrogen-bond acceptors (Lipinski definition) is 3. The Morgan fingerprint density at radius 2 is 2.19 bits per heavy atom. The van der Waals surface area contributed by atoms with E-state index in [1.807, 2.05) is 22.4 Å². The van der Waals surface area contributed by atoms with Gasteiger partial charge in [0.1, 0.15) is 12.1 Å². The van der Waals surface area contributed by atoms with Crippen LogP contribution in [0.5, 0.6) is 0 Å². The van der Waals surface area contributed by atoms with E-state index < -0.39 is 0 Å². The van der Waals surface area contributed by atoms with Gasteiger partial charge in [-0.25, -0.2) is 0 Å². The van der Waals surface area contributed by atoms with E-state index in [2.05, 4.69) is 19.2 Å². The maximum Gasteiger partial charge on any atom is 0.246 e. The molecule has 5 heteroatoms. The molecule has 2 aliphatic rings. The highest BCUT2D eigenvalue weighted by molar-refractivity contribution is 7.09. The maximum absolute atomic E-state index is 12.8. The highest BCUT2D eigenvalue weighted by Crippen LogP contribution is 2.36. The Bertz CT molecular complexity index is 524. The van der Waals surface area contributed by atoms with Gasteiger partial charge in [-0.3, -0.25) is 9.59 Å². The molecule has 2 fully saturated rings. The predicted octanol–water partition coefficient (Wildman–Crippen LogP) is 2.40. The molecular formula is C16H22N2O2S. The van der Waals surface area contributed by atoms with Crippen molar-refractivity contribution in [2.24, 2.45) is 11.8 Å². The van der Waals surface area contributed by atoms with Crippen molar-refractivity contribution in [3.8, 4) is 0 Å². The van der Waals surface area contributed by atoms with Crippen LogP contribution >= 0.6 is 11.3 Å². The van der Waals surface area contributed by atoms with E-state index >= 15 is 0 Å². The Morgan fingerprint density at radius 3 is 2.76 bits per heavy atom. The van der Waals surface area contributed by atoms with Gasteiger partial charge >= 0.3 is 0 Å². The van der Waals surface area contributed by atoms with Crippen LogP contribution in [0.2, 0.25) is 0 Å². The van der Waals surface area contributed by atoms with Crippen LogP contribution in [0.15, 0.2) is 17.5 Å². The van der Waals surface area contributed by atoms with Crippen molar-refractivity contribution in [2.45, 2.75) is 51.7 Å². The van der Waals surface area contributed by atoms with Crippen molar-refractivity contribution >= 4 is 23.2 Å². The molecule has 3 unspecified atom stereocenters. The van der Waals surface area contributed by atoms with Gasteiger partial charge in [0.15, 0.2) is 0 Å². The monoisotopic (exact) mass is 306 g/mol. The summed E-state index contributed by atoms with van der Waals surface area (Å²) in [5, 5.41) is 4.99. The molecule has 0 aromatic carbocycles. The van der Waals surface area contributed by atoms with Gasteiger partial charge in [-0.15, -0.1) is 11.3 Å². The minimum absolute atomic E-state index is 0.0254. The Kier molecular flexibility index (Phi) is 4.02. The highest BCUT2D eigenvalue weighted by Gasteiger charge is 2.47. The molecule has 3 rings (SSSR count). The number of nitrogens with one attached hydrogen (secondary N) is 1. The topological polar surface area (TPSA) is 49.4 Å². The summed E-state index contributed by atoms with van der Waals surface area (Å²) < 4.78 is 0. The van der Waals surface area contributed by atoms with Crippen molar-refractivity contribution in [3.63, 3.8) is 0 Å². The Morgan fingerprint density at radius 1 is 1.43 bits per heavy atom. The highest BCUT2D eigenvalue weighted by atomic mass is 32.1. The van der Waals surface area contributed by atoms with Gasteiger partial charge in [-0.1, -0.05) is 26.3 Å². The van der Waals surface area contributed by atoms with Crippen LogP contribution in [-0.4, -0.2) is 28.8 Å². The van der Waals surface area contributed by atoms with E-state index in [0.717, 1.165) is 24.1 Å². The molecule has 0 radical (unpaired) electrons. The van der Waals surface area contributed by atoms with Crippen molar-refractivity contribution in [2.75, 3.05) is 0 Å². The van der Waals surface area contributed by atoms with Crippen LogP contribution in [0.1, 0.15) is 38.0 Å². The van der Waals surface area contributed by atoms with Crippen LogP contribution in [0, 0.1) is 11.8 Å². The third-order valence-corrected chi connectivity index (χ3v) is 5.50. The summed E-state index contributed by atoms with van der Waals surface area (Å²) in [4.78, 5) is 28.3. The zero-order valence-electron chi connectivity index (χ0n) is 12.5. The summed E-state index contributed by atoms with van der Waals surface area (Å²) in [7, 11) is 0. The summed E-state index contributed by atoms with van der Waals surface area (Å²) >= 11 is 1.64. The lowest BCUT2D eigenvalue weighted by molar-refractivity contribution is -0.152. The summed E-state index contributed by atoms with van der Waals surface area (Å²) in [6.45, 7) is 4.68. The zero-order valence-corrected chi connectivity index (χ0v) is 13.4. The van der Waals surface area contributed by atoms with E-state index in [-0.39, 0.29) is 29.8 Å². The fraction of sp³-hybridized carbons (Fsp3) is 0.625. The quantitative estimate of drug-likeness (QED) is 0.908. The normalized spacial score (nSPS) is 27.6. The molecule has 1 aliphatic heterocycles. The molecule has 114 valence electrons. The smallest absolute Gasteiger partial charge is 0.246 e. The summed E-state index contributed by atoms with van der Waals surface area (Å²) in [5.74, 6) is 0.660. The predicted molar refractivity (Wildman–Crippen MR) is 82.8 cm³/mol. The first kappa shape index (κ1) is 14.6. The van der Waals surface area contributed by atoms with E-state index in [1.165, 1.54) is 0 Å². The lowest BCUT2D eigenvalue weighted by atomic mass is 9.92. The molecule has 1 aliphatic carbocycles. The molecule has 1 aromatic heterocycles. The molecule has 3 atom stereocenters. The van der Waals surface area contributed by atoms with Crippen LogP contribution < -0.4 is 5.32 Å². The van der Waals surface area contributed by atoms with Crippen molar-refractivity contribution in [1.82, 2.24) is 10.2 Å². The number of piperazine rings is 1. The number of carbonyl (C=O) groups is 2. The van der Waals surface area contributed by atoms with E-state index in [0.29, 0.717) is 12.5 Å².